The summed E-state index contributed by atoms with van der Waals surface area (Å²) < 4.78 is 22.9. The molecule has 0 radical (unpaired) electrons. The smallest absolute Gasteiger partial charge is 0.311 e. The molecule has 0 bridgehead atoms. The average molecular weight is 873 g/mol. The minimum atomic E-state index is -0.347. The van der Waals surface area contributed by atoms with Crippen LogP contribution in [0.3, 0.4) is 0 Å². The summed E-state index contributed by atoms with van der Waals surface area (Å²) in [7, 11) is 0. The lowest BCUT2D eigenvalue weighted by Gasteiger charge is -2.07. The lowest BCUT2D eigenvalue weighted by molar-refractivity contribution is -0.136. The average Bonchev–Trinajstić information content (AvgIpc) is 3.31. The molecule has 0 heterocycles. The van der Waals surface area contributed by atoms with Crippen molar-refractivity contribution in [3.05, 3.63) is 108 Å². The van der Waals surface area contributed by atoms with E-state index >= 15 is 0 Å². The molecule has 4 aromatic rings. The highest BCUT2D eigenvalue weighted by Gasteiger charge is 2.09. The van der Waals surface area contributed by atoms with E-state index in [0.717, 1.165) is 60.1 Å². The lowest BCUT2D eigenvalue weighted by Crippen LogP contribution is -2.10. The Labute approximate surface area is 385 Å². The second-order valence-corrected chi connectivity index (χ2v) is 16.9. The Bertz CT molecular complexity index is 1730. The maximum absolute atomic E-state index is 12.4. The maximum Gasteiger partial charge on any atom is 0.311 e. The van der Waals surface area contributed by atoms with Crippen LogP contribution in [0.4, 0.5) is 11.4 Å². The molecule has 0 aliphatic rings. The molecule has 64 heavy (non-hydrogen) atoms. The molecule has 0 spiro atoms. The van der Waals surface area contributed by atoms with Gasteiger partial charge >= 0.3 is 11.9 Å². The zero-order chi connectivity index (χ0) is 45.1. The van der Waals surface area contributed by atoms with Crippen molar-refractivity contribution in [2.24, 2.45) is 9.98 Å². The van der Waals surface area contributed by atoms with Crippen molar-refractivity contribution < 1.29 is 28.5 Å². The predicted octanol–water partition coefficient (Wildman–Crippen LogP) is 15.9. The quantitative estimate of drug-likeness (QED) is 0.0198. The van der Waals surface area contributed by atoms with E-state index in [1.54, 1.807) is 36.7 Å². The van der Waals surface area contributed by atoms with E-state index in [4.69, 9.17) is 18.9 Å². The molecule has 0 aromatic heterocycles. The molecule has 0 N–H and O–H groups in total. The van der Waals surface area contributed by atoms with Crippen molar-refractivity contribution in [1.82, 2.24) is 0 Å². The fraction of sp³-hybridized carbons (Fsp3) is 0.500. The molecule has 0 fully saturated rings. The Morgan fingerprint density at radius 2 is 0.672 bits per heavy atom. The summed E-state index contributed by atoms with van der Waals surface area (Å²) in [5.41, 5.74) is 3.45. The van der Waals surface area contributed by atoms with E-state index in [1.165, 1.54) is 116 Å². The van der Waals surface area contributed by atoms with Gasteiger partial charge in [0, 0.05) is 25.3 Å². The van der Waals surface area contributed by atoms with Gasteiger partial charge in [0.1, 0.15) is 23.0 Å². The van der Waals surface area contributed by atoms with Gasteiger partial charge in [-0.1, -0.05) is 129 Å². The normalized spacial score (nSPS) is 11.3. The number of hydrogen-bond donors (Lipinski definition) is 0. The minimum absolute atomic E-state index is 0.202. The molecule has 0 atom stereocenters. The zero-order valence-electron chi connectivity index (χ0n) is 39.1. The van der Waals surface area contributed by atoms with Crippen LogP contribution < -0.4 is 18.9 Å². The molecule has 0 aliphatic heterocycles. The van der Waals surface area contributed by atoms with Gasteiger partial charge in [-0.3, -0.25) is 19.6 Å². The Morgan fingerprint density at radius 3 is 1.00 bits per heavy atom. The number of carbonyl (C=O) groups is 2. The standard InChI is InChI=1S/C56H76N2O6/c1-3-5-7-9-11-13-15-17-19-23-43-61-51-35-27-47(28-36-51)45-57-49-31-39-53(40-32-49)63-55(59)25-21-22-26-56(60)64-54-41-33-50(34-42-54)58-46-48-29-37-52(38-30-48)62-44-24-20-18-16-14-12-10-8-6-4-2/h27-42,45-46H,3-26,43-44H2,1-2H3. The van der Waals surface area contributed by atoms with Crippen molar-refractivity contribution >= 4 is 35.7 Å². The third-order valence-corrected chi connectivity index (χ3v) is 11.2. The van der Waals surface area contributed by atoms with Gasteiger partial charge in [0.25, 0.3) is 0 Å². The van der Waals surface area contributed by atoms with Crippen LogP contribution in [0.5, 0.6) is 23.0 Å². The number of ether oxygens (including phenoxy) is 4. The van der Waals surface area contributed by atoms with E-state index in [1.807, 2.05) is 72.8 Å². The SMILES string of the molecule is CCCCCCCCCCCCOc1ccc(C=Nc2ccc(OC(=O)CCCCC(=O)Oc3ccc(N=Cc4ccc(OCCCCCCCCCCCC)cc4)cc3)cc2)cc1. The Hall–Kier alpha value is -5.24. The van der Waals surface area contributed by atoms with E-state index < -0.39 is 0 Å². The van der Waals surface area contributed by atoms with Gasteiger partial charge in [-0.25, -0.2) is 0 Å². The fourth-order valence-electron chi connectivity index (χ4n) is 7.26. The van der Waals surface area contributed by atoms with E-state index in [2.05, 4.69) is 23.8 Å². The molecule has 4 aromatic carbocycles. The maximum atomic E-state index is 12.4. The first-order chi connectivity index (χ1) is 31.5. The minimum Gasteiger partial charge on any atom is -0.494 e. The summed E-state index contributed by atoms with van der Waals surface area (Å²) in [6.45, 7) is 6.02. The first-order valence-electron chi connectivity index (χ1n) is 24.7. The summed E-state index contributed by atoms with van der Waals surface area (Å²) in [5, 5.41) is 0. The third-order valence-electron chi connectivity index (χ3n) is 11.2. The second-order valence-electron chi connectivity index (χ2n) is 16.9. The van der Waals surface area contributed by atoms with Gasteiger partial charge in [-0.15, -0.1) is 0 Å². The summed E-state index contributed by atoms with van der Waals surface area (Å²) in [6, 6.07) is 30.1. The molecule has 0 saturated heterocycles. The number of nitrogens with zero attached hydrogens (tertiary/aromatic N) is 2. The number of hydrogen-bond acceptors (Lipinski definition) is 8. The summed E-state index contributed by atoms with van der Waals surface area (Å²) in [5.74, 6) is 1.97. The Kier molecular flexibility index (Phi) is 26.7. The van der Waals surface area contributed by atoms with Crippen LogP contribution in [0.2, 0.25) is 0 Å². The van der Waals surface area contributed by atoms with Crippen molar-refractivity contribution in [1.29, 1.82) is 0 Å². The lowest BCUT2D eigenvalue weighted by atomic mass is 10.1. The van der Waals surface area contributed by atoms with Gasteiger partial charge in [0.2, 0.25) is 0 Å². The number of benzene rings is 4. The zero-order valence-corrected chi connectivity index (χ0v) is 39.1. The topological polar surface area (TPSA) is 95.8 Å². The number of rotatable bonds is 35. The van der Waals surface area contributed by atoms with Crippen molar-refractivity contribution in [2.75, 3.05) is 13.2 Å². The number of aliphatic imine (C=N–C) groups is 2. The highest BCUT2D eigenvalue weighted by molar-refractivity contribution is 5.83. The van der Waals surface area contributed by atoms with Crippen LogP contribution in [0, 0.1) is 0 Å². The first-order valence-corrected chi connectivity index (χ1v) is 24.7. The Balaban J connectivity index is 1.01. The molecule has 346 valence electrons. The first kappa shape index (κ1) is 51.4. The Morgan fingerprint density at radius 1 is 0.375 bits per heavy atom. The molecular formula is C56H76N2O6. The van der Waals surface area contributed by atoms with Crippen LogP contribution in [0.15, 0.2) is 107 Å². The van der Waals surface area contributed by atoms with E-state index in [0.29, 0.717) is 24.3 Å². The van der Waals surface area contributed by atoms with Gasteiger partial charge in [-0.05, 0) is 134 Å². The molecule has 8 heteroatoms. The third kappa shape index (κ3) is 24.0. The van der Waals surface area contributed by atoms with Crippen LogP contribution in [-0.2, 0) is 9.59 Å². The van der Waals surface area contributed by atoms with Gasteiger partial charge in [0.05, 0.1) is 24.6 Å². The summed E-state index contributed by atoms with van der Waals surface area (Å²) >= 11 is 0. The predicted molar refractivity (Wildman–Crippen MR) is 265 cm³/mol. The van der Waals surface area contributed by atoms with Gasteiger partial charge < -0.3 is 18.9 Å². The van der Waals surface area contributed by atoms with Gasteiger partial charge in [0.15, 0.2) is 0 Å². The largest absolute Gasteiger partial charge is 0.494 e. The van der Waals surface area contributed by atoms with Crippen LogP contribution in [0.1, 0.15) is 179 Å². The van der Waals surface area contributed by atoms with E-state index in [9.17, 15) is 9.59 Å². The highest BCUT2D eigenvalue weighted by atomic mass is 16.5. The van der Waals surface area contributed by atoms with Crippen molar-refractivity contribution in [3.8, 4) is 23.0 Å². The molecule has 0 saturated carbocycles. The second kappa shape index (κ2) is 33.3. The van der Waals surface area contributed by atoms with Crippen LogP contribution in [-0.4, -0.2) is 37.6 Å². The van der Waals surface area contributed by atoms with E-state index in [-0.39, 0.29) is 24.8 Å². The molecule has 0 unspecified atom stereocenters. The number of carbonyl (C=O) groups excluding carboxylic acids is 2. The van der Waals surface area contributed by atoms with Crippen LogP contribution >= 0.6 is 0 Å². The van der Waals surface area contributed by atoms with Crippen LogP contribution in [0.25, 0.3) is 0 Å². The van der Waals surface area contributed by atoms with Crippen molar-refractivity contribution in [2.45, 2.75) is 168 Å². The molecule has 8 nitrogen and oxygen atoms in total. The van der Waals surface area contributed by atoms with Gasteiger partial charge in [-0.2, -0.15) is 0 Å². The molecular weight excluding hydrogens is 797 g/mol. The highest BCUT2D eigenvalue weighted by Crippen LogP contribution is 2.22. The molecule has 0 amide bonds. The fourth-order valence-corrected chi connectivity index (χ4v) is 7.26. The molecule has 4 rings (SSSR count). The monoisotopic (exact) mass is 873 g/mol. The molecule has 0 aliphatic carbocycles. The van der Waals surface area contributed by atoms with Crippen molar-refractivity contribution in [3.63, 3.8) is 0 Å². The number of unbranched alkanes of at least 4 members (excludes halogenated alkanes) is 19. The summed E-state index contributed by atoms with van der Waals surface area (Å²) in [4.78, 5) is 34.0. The number of esters is 2. The summed E-state index contributed by atoms with van der Waals surface area (Å²) in [6.07, 6.45) is 31.3.